The average Bonchev–Trinajstić information content (AvgIpc) is 2.58. The predicted octanol–water partition coefficient (Wildman–Crippen LogP) is 1.54. The molecule has 2 rings (SSSR count). The van der Waals surface area contributed by atoms with Gasteiger partial charge in [0.2, 0.25) is 5.91 Å². The Hall–Kier alpha value is -1.36. The fourth-order valence-corrected chi connectivity index (χ4v) is 2.04. The van der Waals surface area contributed by atoms with Gasteiger partial charge in [0, 0.05) is 18.0 Å². The summed E-state index contributed by atoms with van der Waals surface area (Å²) in [6.45, 7) is 0.873. The van der Waals surface area contributed by atoms with Crippen molar-refractivity contribution < 1.29 is 4.79 Å². The van der Waals surface area contributed by atoms with E-state index in [2.05, 4.69) is 16.9 Å². The van der Waals surface area contributed by atoms with Gasteiger partial charge < -0.3 is 16.4 Å². The van der Waals surface area contributed by atoms with Crippen molar-refractivity contribution in [2.45, 2.75) is 6.42 Å². The number of benzene rings is 1. The van der Waals surface area contributed by atoms with Crippen molar-refractivity contribution in [3.05, 3.63) is 17.7 Å². The second-order valence-electron chi connectivity index (χ2n) is 3.74. The van der Waals surface area contributed by atoms with Crippen molar-refractivity contribution in [1.82, 2.24) is 0 Å². The van der Waals surface area contributed by atoms with Crippen LogP contribution in [0.2, 0.25) is 0 Å². The van der Waals surface area contributed by atoms with Crippen LogP contribution < -0.4 is 16.4 Å². The molecular weight excluding hydrogens is 222 g/mol. The number of nitrogen functional groups attached to an aromatic ring is 1. The molecule has 0 atom stereocenters. The third-order valence-corrected chi connectivity index (χ3v) is 3.13. The molecule has 1 aliphatic rings. The molecule has 0 saturated heterocycles. The monoisotopic (exact) mass is 237 g/mol. The van der Waals surface area contributed by atoms with Crippen LogP contribution in [-0.4, -0.2) is 24.5 Å². The third kappa shape index (κ3) is 2.24. The van der Waals surface area contributed by atoms with Gasteiger partial charge in [-0.25, -0.2) is 0 Å². The number of fused-ring (bicyclic) bond motifs is 1. The molecule has 86 valence electrons. The maximum Gasteiger partial charge on any atom is 0.228 e. The molecule has 0 aliphatic carbocycles. The van der Waals surface area contributed by atoms with Crippen LogP contribution in [0.4, 0.5) is 17.1 Å². The molecule has 1 aromatic rings. The Bertz CT molecular complexity index is 420. The van der Waals surface area contributed by atoms with E-state index < -0.39 is 0 Å². The molecule has 1 aliphatic heterocycles. The lowest BCUT2D eigenvalue weighted by Gasteiger charge is -2.10. The van der Waals surface area contributed by atoms with Gasteiger partial charge in [-0.3, -0.25) is 4.79 Å². The lowest BCUT2D eigenvalue weighted by molar-refractivity contribution is -0.115. The highest BCUT2D eigenvalue weighted by atomic mass is 32.2. The van der Waals surface area contributed by atoms with Gasteiger partial charge in [0.05, 0.1) is 17.8 Å². The fraction of sp³-hybridized carbons (Fsp3) is 0.364. The van der Waals surface area contributed by atoms with E-state index in [1.807, 2.05) is 12.1 Å². The topological polar surface area (TPSA) is 67.1 Å². The van der Waals surface area contributed by atoms with Gasteiger partial charge in [-0.1, -0.05) is 0 Å². The van der Waals surface area contributed by atoms with Crippen molar-refractivity contribution in [3.63, 3.8) is 0 Å². The van der Waals surface area contributed by atoms with Gasteiger partial charge in [0.25, 0.3) is 0 Å². The summed E-state index contributed by atoms with van der Waals surface area (Å²) < 4.78 is 0. The zero-order chi connectivity index (χ0) is 11.5. The lowest BCUT2D eigenvalue weighted by Crippen LogP contribution is -2.07. The summed E-state index contributed by atoms with van der Waals surface area (Å²) in [6.07, 6.45) is 2.50. The summed E-state index contributed by atoms with van der Waals surface area (Å²) in [5.41, 5.74) is 9.38. The quantitative estimate of drug-likeness (QED) is 0.549. The maximum absolute atomic E-state index is 11.2. The Morgan fingerprint density at radius 1 is 1.56 bits per heavy atom. The maximum atomic E-state index is 11.2. The van der Waals surface area contributed by atoms with E-state index in [1.165, 1.54) is 0 Å². The minimum absolute atomic E-state index is 0.0377. The van der Waals surface area contributed by atoms with Gasteiger partial charge >= 0.3 is 0 Å². The van der Waals surface area contributed by atoms with Crippen molar-refractivity contribution in [2.75, 3.05) is 34.9 Å². The Morgan fingerprint density at radius 3 is 3.12 bits per heavy atom. The summed E-state index contributed by atoms with van der Waals surface area (Å²) in [6, 6.07) is 3.78. The summed E-state index contributed by atoms with van der Waals surface area (Å²) in [7, 11) is 0. The van der Waals surface area contributed by atoms with Crippen molar-refractivity contribution in [1.29, 1.82) is 0 Å². The third-order valence-electron chi connectivity index (χ3n) is 2.52. The smallest absolute Gasteiger partial charge is 0.228 e. The van der Waals surface area contributed by atoms with Crippen LogP contribution in [0.15, 0.2) is 12.1 Å². The molecule has 0 bridgehead atoms. The molecule has 0 fully saturated rings. The van der Waals surface area contributed by atoms with E-state index in [9.17, 15) is 4.79 Å². The Labute approximate surface area is 99.0 Å². The molecule has 1 amide bonds. The number of hydrogen-bond donors (Lipinski definition) is 3. The molecule has 1 heterocycles. The number of rotatable bonds is 4. The van der Waals surface area contributed by atoms with E-state index >= 15 is 0 Å². The van der Waals surface area contributed by atoms with Crippen LogP contribution in [0.25, 0.3) is 0 Å². The summed E-state index contributed by atoms with van der Waals surface area (Å²) >= 11 is 1.78. The standard InChI is InChI=1S/C11H15N3OS/c1-16-3-2-13-10-6-9-7(4-8(10)12)5-11(15)14-9/h4,6,13H,2-3,5,12H2,1H3,(H,14,15). The van der Waals surface area contributed by atoms with Gasteiger partial charge in [0.15, 0.2) is 0 Å². The summed E-state index contributed by atoms with van der Waals surface area (Å²) in [4.78, 5) is 11.2. The number of amides is 1. The van der Waals surface area contributed by atoms with Gasteiger partial charge in [-0.15, -0.1) is 0 Å². The first-order chi connectivity index (χ1) is 7.70. The number of nitrogens with one attached hydrogen (secondary N) is 2. The summed E-state index contributed by atoms with van der Waals surface area (Å²) in [5, 5.41) is 6.08. The highest BCUT2D eigenvalue weighted by Gasteiger charge is 2.18. The first-order valence-electron chi connectivity index (χ1n) is 5.16. The number of carbonyl (C=O) groups is 1. The minimum atomic E-state index is 0.0377. The first kappa shape index (κ1) is 11.1. The van der Waals surface area contributed by atoms with E-state index in [-0.39, 0.29) is 5.91 Å². The lowest BCUT2D eigenvalue weighted by atomic mass is 10.1. The fourth-order valence-electron chi connectivity index (χ4n) is 1.73. The minimum Gasteiger partial charge on any atom is -0.397 e. The zero-order valence-electron chi connectivity index (χ0n) is 9.17. The van der Waals surface area contributed by atoms with E-state index in [1.54, 1.807) is 11.8 Å². The molecule has 1 aromatic carbocycles. The van der Waals surface area contributed by atoms with Gasteiger partial charge in [-0.2, -0.15) is 11.8 Å². The average molecular weight is 237 g/mol. The van der Waals surface area contributed by atoms with Crippen LogP contribution in [0.1, 0.15) is 5.56 Å². The molecule has 5 heteroatoms. The second-order valence-corrected chi connectivity index (χ2v) is 4.73. The van der Waals surface area contributed by atoms with Crippen LogP contribution in [0.3, 0.4) is 0 Å². The van der Waals surface area contributed by atoms with Crippen molar-refractivity contribution in [3.8, 4) is 0 Å². The van der Waals surface area contributed by atoms with E-state index in [4.69, 9.17) is 5.73 Å². The molecule has 4 nitrogen and oxygen atoms in total. The van der Waals surface area contributed by atoms with Crippen molar-refractivity contribution >= 4 is 34.7 Å². The Balaban J connectivity index is 2.15. The first-order valence-corrected chi connectivity index (χ1v) is 6.55. The number of thioether (sulfide) groups is 1. The molecule has 4 N–H and O–H groups in total. The van der Waals surface area contributed by atoms with Crippen molar-refractivity contribution in [2.24, 2.45) is 0 Å². The van der Waals surface area contributed by atoms with E-state index in [0.717, 1.165) is 29.2 Å². The molecular formula is C11H15N3OS. The van der Waals surface area contributed by atoms with Crippen LogP contribution in [0, 0.1) is 0 Å². The molecule has 0 spiro atoms. The number of carbonyl (C=O) groups excluding carboxylic acids is 1. The van der Waals surface area contributed by atoms with Crippen LogP contribution in [-0.2, 0) is 11.2 Å². The Kier molecular flexibility index (Phi) is 3.24. The van der Waals surface area contributed by atoms with Gasteiger partial charge in [0.1, 0.15) is 0 Å². The Morgan fingerprint density at radius 2 is 2.38 bits per heavy atom. The number of anilines is 3. The predicted molar refractivity (Wildman–Crippen MR) is 70.1 cm³/mol. The number of nitrogens with two attached hydrogens (primary N) is 1. The zero-order valence-corrected chi connectivity index (χ0v) is 9.99. The molecule has 0 unspecified atom stereocenters. The van der Waals surface area contributed by atoms with Crippen LogP contribution >= 0.6 is 11.8 Å². The summed E-state index contributed by atoms with van der Waals surface area (Å²) in [5.74, 6) is 1.07. The largest absolute Gasteiger partial charge is 0.397 e. The number of hydrogen-bond acceptors (Lipinski definition) is 4. The molecule has 0 aromatic heterocycles. The van der Waals surface area contributed by atoms with Gasteiger partial charge in [-0.05, 0) is 24.0 Å². The second kappa shape index (κ2) is 4.65. The highest BCUT2D eigenvalue weighted by molar-refractivity contribution is 7.98. The normalized spacial score (nSPS) is 13.4. The van der Waals surface area contributed by atoms with Crippen LogP contribution in [0.5, 0.6) is 0 Å². The molecule has 0 saturated carbocycles. The molecule has 0 radical (unpaired) electrons. The van der Waals surface area contributed by atoms with E-state index in [0.29, 0.717) is 12.1 Å². The molecule has 16 heavy (non-hydrogen) atoms. The highest BCUT2D eigenvalue weighted by Crippen LogP contribution is 2.31. The SMILES string of the molecule is CSCCNc1cc2c(cc1N)CC(=O)N2.